The van der Waals surface area contributed by atoms with Gasteiger partial charge in [-0.2, -0.15) is 0 Å². The summed E-state index contributed by atoms with van der Waals surface area (Å²) < 4.78 is 0. The first-order chi connectivity index (χ1) is 10.3. The van der Waals surface area contributed by atoms with Gasteiger partial charge in [0.25, 0.3) is 0 Å². The summed E-state index contributed by atoms with van der Waals surface area (Å²) in [5.41, 5.74) is 4.69. The number of aryl methyl sites for hydroxylation is 2. The van der Waals surface area contributed by atoms with E-state index in [1.165, 1.54) is 16.0 Å². The molecule has 2 aromatic carbocycles. The number of rotatable bonds is 4. The fourth-order valence-corrected chi connectivity index (χ4v) is 3.83. The fraction of sp³-hybridized carbons (Fsp3) is 0.167. The lowest BCUT2D eigenvalue weighted by atomic mass is 10.1. The van der Waals surface area contributed by atoms with Gasteiger partial charge in [0.05, 0.1) is 5.69 Å². The predicted molar refractivity (Wildman–Crippen MR) is 92.1 cm³/mol. The molecule has 3 aromatic rings. The number of alkyl halides is 1. The molecule has 21 heavy (non-hydrogen) atoms. The lowest BCUT2D eigenvalue weighted by Gasteiger charge is -2.00. The molecule has 0 saturated carbocycles. The van der Waals surface area contributed by atoms with Crippen LogP contribution in [0.4, 0.5) is 0 Å². The third-order valence-corrected chi connectivity index (χ3v) is 4.78. The maximum atomic E-state index is 5.96. The lowest BCUT2D eigenvalue weighted by molar-refractivity contribution is 1.18. The molecule has 1 heterocycles. The maximum absolute atomic E-state index is 5.96. The van der Waals surface area contributed by atoms with Crippen molar-refractivity contribution in [2.75, 3.05) is 5.88 Å². The third-order valence-electron chi connectivity index (χ3n) is 3.44. The fourth-order valence-electron chi connectivity index (χ4n) is 2.36. The highest BCUT2D eigenvalue weighted by Crippen LogP contribution is 2.35. The summed E-state index contributed by atoms with van der Waals surface area (Å²) >= 11 is 7.71. The van der Waals surface area contributed by atoms with Crippen molar-refractivity contribution in [1.82, 2.24) is 4.98 Å². The molecule has 0 unspecified atom stereocenters. The number of nitrogens with zero attached hydrogens (tertiary/aromatic N) is 1. The first-order valence-electron chi connectivity index (χ1n) is 6.96. The second kappa shape index (κ2) is 6.42. The predicted octanol–water partition coefficient (Wildman–Crippen LogP) is 5.57. The van der Waals surface area contributed by atoms with Gasteiger partial charge in [-0.25, -0.2) is 4.98 Å². The zero-order chi connectivity index (χ0) is 14.7. The Morgan fingerprint density at radius 3 is 2.43 bits per heavy atom. The Morgan fingerprint density at radius 1 is 1.00 bits per heavy atom. The average Bonchev–Trinajstić information content (AvgIpc) is 2.93. The number of hydrogen-bond acceptors (Lipinski definition) is 2. The normalized spacial score (nSPS) is 10.8. The van der Waals surface area contributed by atoms with E-state index in [2.05, 4.69) is 43.3 Å². The average molecular weight is 314 g/mol. The van der Waals surface area contributed by atoms with Gasteiger partial charge in [0.15, 0.2) is 0 Å². The van der Waals surface area contributed by atoms with E-state index in [1.807, 2.05) is 18.2 Å². The van der Waals surface area contributed by atoms with Crippen LogP contribution in [-0.4, -0.2) is 10.9 Å². The van der Waals surface area contributed by atoms with E-state index in [9.17, 15) is 0 Å². The Hall–Kier alpha value is -1.64. The van der Waals surface area contributed by atoms with E-state index < -0.39 is 0 Å². The van der Waals surface area contributed by atoms with Crippen LogP contribution in [0.3, 0.4) is 0 Å². The van der Waals surface area contributed by atoms with Crippen molar-refractivity contribution < 1.29 is 0 Å². The minimum atomic E-state index is 0.620. The summed E-state index contributed by atoms with van der Waals surface area (Å²) in [6.07, 6.45) is 0.856. The first kappa shape index (κ1) is 14.3. The lowest BCUT2D eigenvalue weighted by Crippen LogP contribution is -1.87. The van der Waals surface area contributed by atoms with E-state index >= 15 is 0 Å². The van der Waals surface area contributed by atoms with E-state index in [0.717, 1.165) is 22.7 Å². The Bertz CT molecular complexity index is 734. The van der Waals surface area contributed by atoms with E-state index in [1.54, 1.807) is 11.3 Å². The monoisotopic (exact) mass is 313 g/mol. The molecule has 0 fully saturated rings. The van der Waals surface area contributed by atoms with Crippen LogP contribution in [0, 0.1) is 6.92 Å². The molecule has 0 saturated heterocycles. The van der Waals surface area contributed by atoms with E-state index in [4.69, 9.17) is 16.6 Å². The Balaban J connectivity index is 2.11. The zero-order valence-electron chi connectivity index (χ0n) is 11.8. The quantitative estimate of drug-likeness (QED) is 0.574. The summed E-state index contributed by atoms with van der Waals surface area (Å²) in [4.78, 5) is 6.15. The van der Waals surface area contributed by atoms with Gasteiger partial charge in [-0.3, -0.25) is 0 Å². The Kier molecular flexibility index (Phi) is 4.37. The van der Waals surface area contributed by atoms with Crippen molar-refractivity contribution in [2.45, 2.75) is 13.3 Å². The molecule has 3 rings (SSSR count). The van der Waals surface area contributed by atoms with Gasteiger partial charge in [-0.05, 0) is 18.9 Å². The van der Waals surface area contributed by atoms with Crippen LogP contribution in [0.5, 0.6) is 0 Å². The molecule has 0 atom stereocenters. The summed E-state index contributed by atoms with van der Waals surface area (Å²) in [6, 6.07) is 18.7. The molecule has 0 amide bonds. The largest absolute Gasteiger partial charge is 0.236 e. The molecule has 0 aliphatic rings. The number of aromatic nitrogens is 1. The van der Waals surface area contributed by atoms with Gasteiger partial charge in [0, 0.05) is 21.9 Å². The molecular weight excluding hydrogens is 298 g/mol. The Morgan fingerprint density at radius 2 is 1.71 bits per heavy atom. The zero-order valence-corrected chi connectivity index (χ0v) is 13.4. The topological polar surface area (TPSA) is 12.9 Å². The number of thiazole rings is 1. The van der Waals surface area contributed by atoms with Crippen LogP contribution in [0.2, 0.25) is 0 Å². The van der Waals surface area contributed by atoms with Crippen molar-refractivity contribution in [1.29, 1.82) is 0 Å². The van der Waals surface area contributed by atoms with Crippen molar-refractivity contribution in [3.8, 4) is 21.8 Å². The van der Waals surface area contributed by atoms with Crippen LogP contribution in [0.25, 0.3) is 21.8 Å². The van der Waals surface area contributed by atoms with Gasteiger partial charge in [0.1, 0.15) is 5.01 Å². The van der Waals surface area contributed by atoms with Gasteiger partial charge in [-0.15, -0.1) is 22.9 Å². The molecule has 1 nitrogen and oxygen atoms in total. The molecule has 106 valence electrons. The number of benzene rings is 2. The second-order valence-corrected chi connectivity index (χ2v) is 6.37. The van der Waals surface area contributed by atoms with Crippen LogP contribution in [0.15, 0.2) is 54.6 Å². The minimum absolute atomic E-state index is 0.620. The van der Waals surface area contributed by atoms with Crippen molar-refractivity contribution in [2.24, 2.45) is 0 Å². The second-order valence-electron chi connectivity index (χ2n) is 4.91. The first-order valence-corrected chi connectivity index (χ1v) is 8.32. The van der Waals surface area contributed by atoms with Crippen molar-refractivity contribution >= 4 is 22.9 Å². The molecule has 0 aliphatic carbocycles. The smallest absolute Gasteiger partial charge is 0.124 e. The van der Waals surface area contributed by atoms with Crippen LogP contribution >= 0.6 is 22.9 Å². The van der Waals surface area contributed by atoms with E-state index in [0.29, 0.717) is 5.88 Å². The Labute approximate surface area is 134 Å². The van der Waals surface area contributed by atoms with Gasteiger partial charge in [0.2, 0.25) is 0 Å². The van der Waals surface area contributed by atoms with Crippen molar-refractivity contribution in [3.05, 3.63) is 65.0 Å². The molecule has 0 spiro atoms. The highest BCUT2D eigenvalue weighted by Gasteiger charge is 2.14. The van der Waals surface area contributed by atoms with Gasteiger partial charge in [-0.1, -0.05) is 54.6 Å². The van der Waals surface area contributed by atoms with Gasteiger partial charge >= 0.3 is 0 Å². The minimum Gasteiger partial charge on any atom is -0.236 e. The highest BCUT2D eigenvalue weighted by atomic mass is 35.5. The molecule has 0 bridgehead atoms. The van der Waals surface area contributed by atoms with Gasteiger partial charge < -0.3 is 0 Å². The summed E-state index contributed by atoms with van der Waals surface area (Å²) in [6.45, 7) is 2.13. The van der Waals surface area contributed by atoms with Crippen LogP contribution in [0.1, 0.15) is 10.4 Å². The maximum Gasteiger partial charge on any atom is 0.124 e. The van der Waals surface area contributed by atoms with Crippen LogP contribution < -0.4 is 0 Å². The van der Waals surface area contributed by atoms with Crippen molar-refractivity contribution in [3.63, 3.8) is 0 Å². The SMILES string of the molecule is Cc1ccccc1-c1nc(-c2ccccc2)c(CCCl)s1. The molecule has 0 N–H and O–H groups in total. The standard InChI is InChI=1S/C18H16ClNS/c1-13-7-5-6-10-15(13)18-20-17(16(21-18)11-12-19)14-8-3-2-4-9-14/h2-10H,11-12H2,1H3. The summed E-state index contributed by atoms with van der Waals surface area (Å²) in [5.74, 6) is 0.620. The third kappa shape index (κ3) is 3.02. The molecule has 1 aromatic heterocycles. The molecular formula is C18H16ClNS. The molecule has 3 heteroatoms. The summed E-state index contributed by atoms with van der Waals surface area (Å²) in [5, 5.41) is 1.08. The molecule has 0 aliphatic heterocycles. The number of hydrogen-bond donors (Lipinski definition) is 0. The summed E-state index contributed by atoms with van der Waals surface area (Å²) in [7, 11) is 0. The molecule has 0 radical (unpaired) electrons. The van der Waals surface area contributed by atoms with Crippen LogP contribution in [-0.2, 0) is 6.42 Å². The highest BCUT2D eigenvalue weighted by molar-refractivity contribution is 7.15. The number of halogens is 1. The van der Waals surface area contributed by atoms with E-state index in [-0.39, 0.29) is 0 Å².